The van der Waals surface area contributed by atoms with Crippen LogP contribution in [-0.4, -0.2) is 0 Å². The Morgan fingerprint density at radius 3 is 1.83 bits per heavy atom. The molecule has 0 N–H and O–H groups in total. The summed E-state index contributed by atoms with van der Waals surface area (Å²) < 4.78 is 0. The maximum atomic E-state index is 2.67. The highest BCUT2D eigenvalue weighted by Gasteiger charge is 2.48. The molecule has 0 aliphatic heterocycles. The van der Waals surface area contributed by atoms with Gasteiger partial charge in [-0.1, -0.05) is 118 Å². The van der Waals surface area contributed by atoms with Gasteiger partial charge in [-0.15, -0.1) is 0 Å². The first-order chi connectivity index (χ1) is 16.4. The van der Waals surface area contributed by atoms with E-state index in [1.54, 1.807) is 22.3 Å². The topological polar surface area (TPSA) is 0 Å². The zero-order chi connectivity index (χ0) is 27.1. The molecule has 0 amide bonds. The minimum Gasteiger partial charge on any atom is -0.0799 e. The molecule has 0 fully saturated rings. The van der Waals surface area contributed by atoms with E-state index in [9.17, 15) is 0 Å². The van der Waals surface area contributed by atoms with Crippen molar-refractivity contribution in [1.82, 2.24) is 0 Å². The Hall–Kier alpha value is -1.30. The van der Waals surface area contributed by atoms with Crippen LogP contribution in [-0.2, 0) is 5.41 Å². The van der Waals surface area contributed by atoms with Gasteiger partial charge in [-0.25, -0.2) is 0 Å². The summed E-state index contributed by atoms with van der Waals surface area (Å²) in [7, 11) is 0. The van der Waals surface area contributed by atoms with Crippen molar-refractivity contribution in [3.8, 4) is 0 Å². The molecular formula is C36H58. The van der Waals surface area contributed by atoms with Crippen molar-refractivity contribution in [2.24, 2.45) is 28.1 Å². The van der Waals surface area contributed by atoms with Crippen LogP contribution in [0.15, 0.2) is 41.5 Å². The Balaban J connectivity index is 2.07. The van der Waals surface area contributed by atoms with Crippen molar-refractivity contribution in [1.29, 1.82) is 0 Å². The van der Waals surface area contributed by atoms with Gasteiger partial charge in [-0.2, -0.15) is 0 Å². The summed E-state index contributed by atoms with van der Waals surface area (Å²) in [6.45, 7) is 28.9. The van der Waals surface area contributed by atoms with Gasteiger partial charge in [0.1, 0.15) is 0 Å². The van der Waals surface area contributed by atoms with Crippen molar-refractivity contribution in [3.63, 3.8) is 0 Å². The fourth-order valence-corrected chi connectivity index (χ4v) is 7.50. The van der Waals surface area contributed by atoms with Crippen LogP contribution in [0.5, 0.6) is 0 Å². The number of hydrogen-bond acceptors (Lipinski definition) is 0. The first-order valence-electron chi connectivity index (χ1n) is 14.9. The van der Waals surface area contributed by atoms with Gasteiger partial charge in [-0.3, -0.25) is 0 Å². The minimum atomic E-state index is 0.190. The molecule has 1 aromatic carbocycles. The summed E-state index contributed by atoms with van der Waals surface area (Å²) in [5.41, 5.74) is 9.21. The van der Waals surface area contributed by atoms with Gasteiger partial charge in [0.25, 0.3) is 0 Å². The van der Waals surface area contributed by atoms with E-state index in [2.05, 4.69) is 113 Å². The first-order valence-corrected chi connectivity index (χ1v) is 14.9. The molecule has 3 unspecified atom stereocenters. The SMILES string of the molecule is Cc1ccc2c(c1)C(CCC(C)CC(C)(C)C)(CCC(C)CC(C)(C)C)C1=CC(C(C)(C)C)=CCC12. The van der Waals surface area contributed by atoms with Gasteiger partial charge in [-0.05, 0) is 96.7 Å². The number of fused-ring (bicyclic) bond motifs is 3. The normalized spacial score (nSPS) is 24.1. The summed E-state index contributed by atoms with van der Waals surface area (Å²) in [6.07, 6.45) is 14.2. The summed E-state index contributed by atoms with van der Waals surface area (Å²) in [5, 5.41) is 0. The van der Waals surface area contributed by atoms with Crippen molar-refractivity contribution in [2.45, 2.75) is 139 Å². The molecule has 0 bridgehead atoms. The summed E-state index contributed by atoms with van der Waals surface area (Å²) in [5.74, 6) is 2.08. The number of aryl methyl sites for hydroxylation is 1. The molecule has 0 heterocycles. The maximum Gasteiger partial charge on any atom is 0.0174 e. The van der Waals surface area contributed by atoms with Gasteiger partial charge in [0.2, 0.25) is 0 Å². The van der Waals surface area contributed by atoms with E-state index in [-0.39, 0.29) is 10.8 Å². The second-order valence-electron chi connectivity index (χ2n) is 16.3. The standard InChI is InChI=1S/C36H58/c1-25-13-15-29-30-16-14-28(35(10,11)12)22-32(30)36(31(29)21-25,19-17-26(2)23-33(4,5)6)20-18-27(3)24-34(7,8)9/h13-15,21-22,26-27,30H,16-20,23-24H2,1-12H3. The third kappa shape index (κ3) is 6.96. The number of hydrogen-bond donors (Lipinski definition) is 0. The van der Waals surface area contributed by atoms with Gasteiger partial charge in [0.05, 0.1) is 0 Å². The molecule has 0 spiro atoms. The minimum absolute atomic E-state index is 0.190. The second kappa shape index (κ2) is 10.5. The molecule has 36 heavy (non-hydrogen) atoms. The van der Waals surface area contributed by atoms with Crippen molar-refractivity contribution >= 4 is 0 Å². The lowest BCUT2D eigenvalue weighted by Crippen LogP contribution is -2.30. The molecular weight excluding hydrogens is 432 g/mol. The highest BCUT2D eigenvalue weighted by molar-refractivity contribution is 5.59. The molecule has 202 valence electrons. The molecule has 3 atom stereocenters. The second-order valence-corrected chi connectivity index (χ2v) is 16.3. The summed E-state index contributed by atoms with van der Waals surface area (Å²) in [4.78, 5) is 0. The van der Waals surface area contributed by atoms with E-state index in [4.69, 9.17) is 0 Å². The monoisotopic (exact) mass is 490 g/mol. The first kappa shape index (κ1) is 29.3. The van der Waals surface area contributed by atoms with Crippen molar-refractivity contribution in [3.05, 3.63) is 58.2 Å². The Labute approximate surface area is 225 Å². The van der Waals surface area contributed by atoms with Crippen LogP contribution in [0, 0.1) is 35.0 Å². The van der Waals surface area contributed by atoms with Crippen LogP contribution in [0.25, 0.3) is 0 Å². The van der Waals surface area contributed by atoms with Gasteiger partial charge in [0.15, 0.2) is 0 Å². The lowest BCUT2D eigenvalue weighted by Gasteiger charge is -2.39. The number of rotatable bonds is 8. The molecule has 0 saturated carbocycles. The zero-order valence-corrected chi connectivity index (χ0v) is 26.1. The van der Waals surface area contributed by atoms with E-state index < -0.39 is 0 Å². The van der Waals surface area contributed by atoms with E-state index in [0.29, 0.717) is 16.7 Å². The average molecular weight is 491 g/mol. The fraction of sp³-hybridized carbons (Fsp3) is 0.722. The molecule has 0 saturated heterocycles. The number of benzene rings is 1. The van der Waals surface area contributed by atoms with E-state index in [1.807, 2.05) is 0 Å². The molecule has 0 heteroatoms. The van der Waals surface area contributed by atoms with Gasteiger partial charge < -0.3 is 0 Å². The largest absolute Gasteiger partial charge is 0.0799 e. The summed E-state index contributed by atoms with van der Waals surface area (Å²) in [6, 6.07) is 7.42. The van der Waals surface area contributed by atoms with E-state index in [0.717, 1.165) is 11.8 Å². The molecule has 0 nitrogen and oxygen atoms in total. The molecule has 2 aliphatic rings. The quantitative estimate of drug-likeness (QED) is 0.340. The summed E-state index contributed by atoms with van der Waals surface area (Å²) >= 11 is 0. The van der Waals surface area contributed by atoms with Gasteiger partial charge in [0, 0.05) is 11.3 Å². The number of allylic oxidation sites excluding steroid dienone is 4. The maximum absolute atomic E-state index is 2.67. The average Bonchev–Trinajstić information content (AvgIpc) is 2.96. The Morgan fingerprint density at radius 1 is 0.833 bits per heavy atom. The molecule has 1 aromatic rings. The Morgan fingerprint density at radius 2 is 1.36 bits per heavy atom. The predicted octanol–water partition coefficient (Wildman–Crippen LogP) is 11.3. The molecule has 3 rings (SSSR count). The lowest BCUT2D eigenvalue weighted by molar-refractivity contribution is 0.254. The van der Waals surface area contributed by atoms with Crippen LogP contribution in [0.2, 0.25) is 0 Å². The van der Waals surface area contributed by atoms with E-state index >= 15 is 0 Å². The van der Waals surface area contributed by atoms with Crippen LogP contribution in [0.1, 0.15) is 144 Å². The third-order valence-corrected chi connectivity index (χ3v) is 8.83. The molecule has 0 aromatic heterocycles. The van der Waals surface area contributed by atoms with Crippen molar-refractivity contribution < 1.29 is 0 Å². The Bertz CT molecular complexity index is 937. The van der Waals surface area contributed by atoms with E-state index in [1.165, 1.54) is 50.5 Å². The zero-order valence-electron chi connectivity index (χ0n) is 26.1. The fourth-order valence-electron chi connectivity index (χ4n) is 7.50. The smallest absolute Gasteiger partial charge is 0.0174 e. The predicted molar refractivity (Wildman–Crippen MR) is 161 cm³/mol. The molecule has 0 radical (unpaired) electrons. The molecule has 2 aliphatic carbocycles. The van der Waals surface area contributed by atoms with Crippen LogP contribution >= 0.6 is 0 Å². The van der Waals surface area contributed by atoms with Crippen LogP contribution in [0.4, 0.5) is 0 Å². The van der Waals surface area contributed by atoms with Crippen LogP contribution < -0.4 is 0 Å². The van der Waals surface area contributed by atoms with Gasteiger partial charge >= 0.3 is 0 Å². The highest BCUT2D eigenvalue weighted by Crippen LogP contribution is 2.59. The lowest BCUT2D eigenvalue weighted by atomic mass is 9.65. The third-order valence-electron chi connectivity index (χ3n) is 8.83. The highest BCUT2D eigenvalue weighted by atomic mass is 14.5. The van der Waals surface area contributed by atoms with Crippen LogP contribution in [0.3, 0.4) is 0 Å². The Kier molecular flexibility index (Phi) is 8.50. The van der Waals surface area contributed by atoms with Crippen molar-refractivity contribution in [2.75, 3.05) is 0 Å².